The number of likely N-dealkylation sites (N-methyl/N-ethyl adjacent to an activating group) is 1. The van der Waals surface area contributed by atoms with Gasteiger partial charge in [0.2, 0.25) is 5.91 Å². The lowest BCUT2D eigenvalue weighted by Crippen LogP contribution is -2.51. The Bertz CT molecular complexity index is 571. The Morgan fingerprint density at radius 1 is 1.32 bits per heavy atom. The van der Waals surface area contributed by atoms with Crippen molar-refractivity contribution >= 4 is 11.8 Å². The molecule has 1 fully saturated rings. The summed E-state index contributed by atoms with van der Waals surface area (Å²) in [6.07, 6.45) is 1.43. The van der Waals surface area contributed by atoms with Gasteiger partial charge in [-0.1, -0.05) is 0 Å². The van der Waals surface area contributed by atoms with Gasteiger partial charge in [-0.05, 0) is 19.1 Å². The van der Waals surface area contributed by atoms with Gasteiger partial charge in [0.25, 0.3) is 5.91 Å². The van der Waals surface area contributed by atoms with Crippen LogP contribution in [0, 0.1) is 11.3 Å². The average molecular weight is 301 g/mol. The van der Waals surface area contributed by atoms with Crippen molar-refractivity contribution in [1.82, 2.24) is 20.1 Å². The Kier molecular flexibility index (Phi) is 5.44. The third kappa shape index (κ3) is 4.02. The SMILES string of the molecule is CCNC(=O)CN1CCN(C(=O)c2ccc(C#N)nc2)CC1. The molecular formula is C15H19N5O2. The highest BCUT2D eigenvalue weighted by Gasteiger charge is 2.23. The second-order valence-corrected chi connectivity index (χ2v) is 5.07. The number of piperazine rings is 1. The summed E-state index contributed by atoms with van der Waals surface area (Å²) in [6, 6.07) is 5.09. The standard InChI is InChI=1S/C15H19N5O2/c1-2-17-14(21)11-19-5-7-20(8-6-19)15(22)12-3-4-13(9-16)18-10-12/h3-4,10H,2,5-8,11H2,1H3,(H,17,21). The van der Waals surface area contributed by atoms with E-state index in [2.05, 4.69) is 10.3 Å². The minimum absolute atomic E-state index is 0.0126. The molecule has 7 heteroatoms. The molecule has 1 aliphatic heterocycles. The second-order valence-electron chi connectivity index (χ2n) is 5.07. The maximum Gasteiger partial charge on any atom is 0.255 e. The molecule has 2 heterocycles. The lowest BCUT2D eigenvalue weighted by Gasteiger charge is -2.34. The highest BCUT2D eigenvalue weighted by atomic mass is 16.2. The van der Waals surface area contributed by atoms with E-state index in [1.54, 1.807) is 17.0 Å². The Morgan fingerprint density at radius 2 is 2.05 bits per heavy atom. The maximum absolute atomic E-state index is 12.3. The summed E-state index contributed by atoms with van der Waals surface area (Å²) in [5.41, 5.74) is 0.777. The predicted molar refractivity (Wildman–Crippen MR) is 80.0 cm³/mol. The fraction of sp³-hybridized carbons (Fsp3) is 0.467. The summed E-state index contributed by atoms with van der Waals surface area (Å²) >= 11 is 0. The molecule has 116 valence electrons. The zero-order valence-electron chi connectivity index (χ0n) is 12.6. The van der Waals surface area contributed by atoms with E-state index in [9.17, 15) is 9.59 Å². The van der Waals surface area contributed by atoms with Crippen molar-refractivity contribution in [2.45, 2.75) is 6.92 Å². The van der Waals surface area contributed by atoms with Crippen molar-refractivity contribution < 1.29 is 9.59 Å². The van der Waals surface area contributed by atoms with Crippen LogP contribution in [-0.2, 0) is 4.79 Å². The Labute approximate surface area is 129 Å². The average Bonchev–Trinajstić information content (AvgIpc) is 2.55. The molecular weight excluding hydrogens is 282 g/mol. The first-order valence-electron chi connectivity index (χ1n) is 7.28. The van der Waals surface area contributed by atoms with Crippen molar-refractivity contribution in [1.29, 1.82) is 5.26 Å². The molecule has 0 aliphatic carbocycles. The Morgan fingerprint density at radius 3 is 2.59 bits per heavy atom. The van der Waals surface area contributed by atoms with E-state index in [-0.39, 0.29) is 11.8 Å². The quantitative estimate of drug-likeness (QED) is 0.835. The smallest absolute Gasteiger partial charge is 0.255 e. The van der Waals surface area contributed by atoms with E-state index in [4.69, 9.17) is 5.26 Å². The number of carbonyl (C=O) groups excluding carboxylic acids is 2. The first-order chi connectivity index (χ1) is 10.6. The molecule has 0 radical (unpaired) electrons. The molecule has 2 rings (SSSR count). The van der Waals surface area contributed by atoms with Gasteiger partial charge < -0.3 is 10.2 Å². The van der Waals surface area contributed by atoms with Gasteiger partial charge in [-0.25, -0.2) is 4.98 Å². The van der Waals surface area contributed by atoms with Crippen molar-refractivity contribution in [2.24, 2.45) is 0 Å². The minimum atomic E-state index is -0.0883. The molecule has 22 heavy (non-hydrogen) atoms. The number of pyridine rings is 1. The number of carbonyl (C=O) groups is 2. The minimum Gasteiger partial charge on any atom is -0.355 e. The molecule has 0 saturated carbocycles. The van der Waals surface area contributed by atoms with Crippen LogP contribution in [0.5, 0.6) is 0 Å². The number of amides is 2. The van der Waals surface area contributed by atoms with E-state index in [0.717, 1.165) is 0 Å². The van der Waals surface area contributed by atoms with Crippen LogP contribution < -0.4 is 5.32 Å². The molecule has 1 saturated heterocycles. The van der Waals surface area contributed by atoms with E-state index in [1.165, 1.54) is 6.20 Å². The van der Waals surface area contributed by atoms with Crippen LogP contribution in [0.15, 0.2) is 18.3 Å². The van der Waals surface area contributed by atoms with Crippen LogP contribution in [-0.4, -0.2) is 65.9 Å². The van der Waals surface area contributed by atoms with Crippen LogP contribution in [0.4, 0.5) is 0 Å². The van der Waals surface area contributed by atoms with Gasteiger partial charge in [-0.15, -0.1) is 0 Å². The number of hydrogen-bond donors (Lipinski definition) is 1. The van der Waals surface area contributed by atoms with Crippen LogP contribution >= 0.6 is 0 Å². The van der Waals surface area contributed by atoms with Crippen molar-refractivity contribution in [3.05, 3.63) is 29.6 Å². The molecule has 1 N–H and O–H groups in total. The first kappa shape index (κ1) is 15.9. The second kappa shape index (κ2) is 7.52. The number of nitrogens with one attached hydrogen (secondary N) is 1. The zero-order valence-corrected chi connectivity index (χ0v) is 12.6. The molecule has 0 bridgehead atoms. The van der Waals surface area contributed by atoms with E-state index in [1.807, 2.05) is 17.9 Å². The van der Waals surface area contributed by atoms with Crippen LogP contribution in [0.2, 0.25) is 0 Å². The van der Waals surface area contributed by atoms with Gasteiger partial charge in [0.1, 0.15) is 11.8 Å². The largest absolute Gasteiger partial charge is 0.355 e. The van der Waals surface area contributed by atoms with Crippen molar-refractivity contribution in [3.8, 4) is 6.07 Å². The highest BCUT2D eigenvalue weighted by molar-refractivity contribution is 5.94. The molecule has 7 nitrogen and oxygen atoms in total. The summed E-state index contributed by atoms with van der Waals surface area (Å²) in [4.78, 5) is 31.6. The van der Waals surface area contributed by atoms with E-state index < -0.39 is 0 Å². The fourth-order valence-electron chi connectivity index (χ4n) is 2.33. The number of aromatic nitrogens is 1. The van der Waals surface area contributed by atoms with Crippen LogP contribution in [0.3, 0.4) is 0 Å². The Balaban J connectivity index is 1.86. The van der Waals surface area contributed by atoms with Gasteiger partial charge in [0.15, 0.2) is 0 Å². The van der Waals surface area contributed by atoms with E-state index >= 15 is 0 Å². The summed E-state index contributed by atoms with van der Waals surface area (Å²) < 4.78 is 0. The number of nitrogens with zero attached hydrogens (tertiary/aromatic N) is 4. The molecule has 2 amide bonds. The summed E-state index contributed by atoms with van der Waals surface area (Å²) in [5, 5.41) is 11.5. The van der Waals surface area contributed by atoms with Crippen molar-refractivity contribution in [3.63, 3.8) is 0 Å². The van der Waals surface area contributed by atoms with Crippen LogP contribution in [0.25, 0.3) is 0 Å². The lowest BCUT2D eigenvalue weighted by atomic mass is 10.2. The topological polar surface area (TPSA) is 89.3 Å². The van der Waals surface area contributed by atoms with Crippen molar-refractivity contribution in [2.75, 3.05) is 39.3 Å². The normalized spacial score (nSPS) is 15.2. The monoisotopic (exact) mass is 301 g/mol. The summed E-state index contributed by atoms with van der Waals surface area (Å²) in [5.74, 6) is -0.0757. The van der Waals surface area contributed by atoms with Gasteiger partial charge >= 0.3 is 0 Å². The predicted octanol–water partition coefficient (Wildman–Crippen LogP) is -0.153. The molecule has 0 spiro atoms. The Hall–Kier alpha value is -2.46. The zero-order chi connectivity index (χ0) is 15.9. The summed E-state index contributed by atoms with van der Waals surface area (Å²) in [7, 11) is 0. The maximum atomic E-state index is 12.3. The molecule has 0 atom stereocenters. The van der Waals surface area contributed by atoms with Crippen LogP contribution in [0.1, 0.15) is 23.0 Å². The molecule has 0 aromatic carbocycles. The number of rotatable bonds is 4. The molecule has 1 aromatic heterocycles. The van der Waals surface area contributed by atoms with Gasteiger partial charge in [-0.3, -0.25) is 14.5 Å². The lowest BCUT2D eigenvalue weighted by molar-refractivity contribution is -0.122. The first-order valence-corrected chi connectivity index (χ1v) is 7.28. The molecule has 1 aromatic rings. The van der Waals surface area contributed by atoms with Gasteiger partial charge in [0.05, 0.1) is 12.1 Å². The van der Waals surface area contributed by atoms with Gasteiger partial charge in [-0.2, -0.15) is 5.26 Å². The highest BCUT2D eigenvalue weighted by Crippen LogP contribution is 2.08. The van der Waals surface area contributed by atoms with Gasteiger partial charge in [0, 0.05) is 38.9 Å². The van der Waals surface area contributed by atoms with E-state index in [0.29, 0.717) is 50.5 Å². The number of nitriles is 1. The number of hydrogen-bond acceptors (Lipinski definition) is 5. The third-order valence-corrected chi connectivity index (χ3v) is 3.53. The molecule has 1 aliphatic rings. The third-order valence-electron chi connectivity index (χ3n) is 3.53. The fourth-order valence-corrected chi connectivity index (χ4v) is 2.33. The summed E-state index contributed by atoms with van der Waals surface area (Å²) in [6.45, 7) is 5.40. The molecule has 0 unspecified atom stereocenters.